The Hall–Kier alpha value is -1.03. The van der Waals surface area contributed by atoms with Crippen LogP contribution in [0, 0.1) is 0 Å². The minimum Gasteiger partial charge on any atom is -0.487 e. The van der Waals surface area contributed by atoms with Crippen molar-refractivity contribution in [3.05, 3.63) is 28.7 Å². The molecule has 0 unspecified atom stereocenters. The van der Waals surface area contributed by atoms with E-state index in [0.717, 1.165) is 10.2 Å². The smallest absolute Gasteiger partial charge is 0.134 e. The number of rotatable bonds is 3. The Bertz CT molecular complexity index is 276. The topological polar surface area (TPSA) is 41.8 Å². The number of hydrogen-bond acceptors (Lipinski definition) is 3. The Morgan fingerprint density at radius 3 is 2.92 bits per heavy atom. The Balaban J connectivity index is 2.57. The third-order valence-corrected chi connectivity index (χ3v) is 1.89. The zero-order valence-corrected chi connectivity index (χ0v) is 7.86. The fourth-order valence-corrected chi connectivity index (χ4v) is 1.12. The third-order valence-electron chi connectivity index (χ3n) is 1.23. The lowest BCUT2D eigenvalue weighted by atomic mass is 10.3. The summed E-state index contributed by atoms with van der Waals surface area (Å²) in [6.07, 6.45) is 1.28. The highest BCUT2D eigenvalue weighted by atomic mass is 79.9. The van der Waals surface area contributed by atoms with Gasteiger partial charge in [0.1, 0.15) is 12.4 Å². The molecule has 3 nitrogen and oxygen atoms in total. The predicted molar refractivity (Wildman–Crippen MR) is 49.9 cm³/mol. The van der Waals surface area contributed by atoms with Gasteiger partial charge in [-0.1, -0.05) is 17.3 Å². The molecule has 1 aromatic rings. The van der Waals surface area contributed by atoms with Crippen LogP contribution in [0.3, 0.4) is 0 Å². The number of benzene rings is 1. The normalized spacial score (nSPS) is 10.4. The maximum absolute atomic E-state index is 8.09. The second-order valence-electron chi connectivity index (χ2n) is 2.04. The van der Waals surface area contributed by atoms with Crippen LogP contribution >= 0.6 is 15.9 Å². The SMILES string of the molecule is O/N=C\COc1ccccc1Br. The summed E-state index contributed by atoms with van der Waals surface area (Å²) in [7, 11) is 0. The van der Waals surface area contributed by atoms with Crippen molar-refractivity contribution in [1.82, 2.24) is 0 Å². The molecular formula is C8H8BrNO2. The summed E-state index contributed by atoms with van der Waals surface area (Å²) in [5, 5.41) is 10.9. The highest BCUT2D eigenvalue weighted by Crippen LogP contribution is 2.23. The minimum atomic E-state index is 0.263. The summed E-state index contributed by atoms with van der Waals surface area (Å²) in [6, 6.07) is 7.48. The first kappa shape index (κ1) is 9.06. The van der Waals surface area contributed by atoms with E-state index < -0.39 is 0 Å². The highest BCUT2D eigenvalue weighted by Gasteiger charge is 1.96. The molecule has 12 heavy (non-hydrogen) atoms. The largest absolute Gasteiger partial charge is 0.487 e. The van der Waals surface area contributed by atoms with Crippen LogP contribution in [0.1, 0.15) is 0 Å². The summed E-state index contributed by atoms with van der Waals surface area (Å²) >= 11 is 3.32. The minimum absolute atomic E-state index is 0.263. The molecule has 0 bridgehead atoms. The van der Waals surface area contributed by atoms with Gasteiger partial charge < -0.3 is 9.94 Å². The third kappa shape index (κ3) is 2.54. The second-order valence-corrected chi connectivity index (χ2v) is 2.89. The van der Waals surface area contributed by atoms with Crippen molar-refractivity contribution < 1.29 is 9.94 Å². The monoisotopic (exact) mass is 229 g/mol. The van der Waals surface area contributed by atoms with Gasteiger partial charge in [0.15, 0.2) is 0 Å². The standard InChI is InChI=1S/C8H8BrNO2/c9-7-3-1-2-4-8(7)12-6-5-10-11/h1-5,11H,6H2/b10-5-. The van der Waals surface area contributed by atoms with Crippen molar-refractivity contribution >= 4 is 22.1 Å². The van der Waals surface area contributed by atoms with Crippen LogP contribution in [0.2, 0.25) is 0 Å². The summed E-state index contributed by atoms with van der Waals surface area (Å²) in [5.74, 6) is 0.734. The lowest BCUT2D eigenvalue weighted by Crippen LogP contribution is -1.98. The van der Waals surface area contributed by atoms with Crippen molar-refractivity contribution in [3.63, 3.8) is 0 Å². The van der Waals surface area contributed by atoms with E-state index in [0.29, 0.717) is 0 Å². The van der Waals surface area contributed by atoms with Gasteiger partial charge in [-0.25, -0.2) is 0 Å². The quantitative estimate of drug-likeness (QED) is 0.491. The van der Waals surface area contributed by atoms with Crippen molar-refractivity contribution in [1.29, 1.82) is 0 Å². The molecule has 64 valence electrons. The van der Waals surface area contributed by atoms with Crippen LogP contribution in [0.5, 0.6) is 5.75 Å². The van der Waals surface area contributed by atoms with E-state index in [1.54, 1.807) is 0 Å². The van der Waals surface area contributed by atoms with E-state index in [-0.39, 0.29) is 6.61 Å². The van der Waals surface area contributed by atoms with Gasteiger partial charge in [-0.2, -0.15) is 0 Å². The molecule has 0 aliphatic rings. The molecular weight excluding hydrogens is 222 g/mol. The zero-order chi connectivity index (χ0) is 8.81. The summed E-state index contributed by atoms with van der Waals surface area (Å²) in [4.78, 5) is 0. The maximum Gasteiger partial charge on any atom is 0.134 e. The summed E-state index contributed by atoms with van der Waals surface area (Å²) < 4.78 is 6.11. The van der Waals surface area contributed by atoms with Crippen LogP contribution in [0.25, 0.3) is 0 Å². The molecule has 1 N–H and O–H groups in total. The van der Waals surface area contributed by atoms with Crippen molar-refractivity contribution in [2.45, 2.75) is 0 Å². The summed E-state index contributed by atoms with van der Waals surface area (Å²) in [6.45, 7) is 0.263. The van der Waals surface area contributed by atoms with Crippen LogP contribution in [-0.2, 0) is 0 Å². The van der Waals surface area contributed by atoms with Gasteiger partial charge in [-0.05, 0) is 28.1 Å². The zero-order valence-electron chi connectivity index (χ0n) is 6.27. The van der Waals surface area contributed by atoms with Gasteiger partial charge in [-0.3, -0.25) is 0 Å². The second kappa shape index (κ2) is 4.77. The first-order valence-corrected chi connectivity index (χ1v) is 4.17. The Labute approximate surface area is 78.8 Å². The molecule has 0 aliphatic heterocycles. The number of oxime groups is 1. The summed E-state index contributed by atoms with van der Waals surface area (Å²) in [5.41, 5.74) is 0. The van der Waals surface area contributed by atoms with Crippen LogP contribution in [0.4, 0.5) is 0 Å². The van der Waals surface area contributed by atoms with Gasteiger partial charge in [0.2, 0.25) is 0 Å². The molecule has 0 amide bonds. The van der Waals surface area contributed by atoms with Crippen LogP contribution in [0.15, 0.2) is 33.9 Å². The molecule has 0 fully saturated rings. The predicted octanol–water partition coefficient (Wildman–Crippen LogP) is 2.29. The molecule has 0 atom stereocenters. The number of halogens is 1. The number of hydrogen-bond donors (Lipinski definition) is 1. The van der Waals surface area contributed by atoms with Crippen molar-refractivity contribution in [2.75, 3.05) is 6.61 Å². The Morgan fingerprint density at radius 2 is 2.25 bits per heavy atom. The van der Waals surface area contributed by atoms with Gasteiger partial charge in [0.05, 0.1) is 10.7 Å². The van der Waals surface area contributed by atoms with Gasteiger partial charge in [0, 0.05) is 0 Å². The molecule has 0 saturated carbocycles. The van der Waals surface area contributed by atoms with Crippen LogP contribution in [-0.4, -0.2) is 18.0 Å². The van der Waals surface area contributed by atoms with E-state index in [2.05, 4.69) is 21.1 Å². The van der Waals surface area contributed by atoms with Crippen LogP contribution < -0.4 is 4.74 Å². The lowest BCUT2D eigenvalue weighted by Gasteiger charge is -2.03. The molecule has 0 saturated heterocycles. The van der Waals surface area contributed by atoms with Crippen molar-refractivity contribution in [3.8, 4) is 5.75 Å². The molecule has 0 heterocycles. The van der Waals surface area contributed by atoms with Gasteiger partial charge in [-0.15, -0.1) is 0 Å². The van der Waals surface area contributed by atoms with E-state index in [1.807, 2.05) is 24.3 Å². The van der Waals surface area contributed by atoms with E-state index >= 15 is 0 Å². The fraction of sp³-hybridized carbons (Fsp3) is 0.125. The number of ether oxygens (including phenoxy) is 1. The van der Waals surface area contributed by atoms with E-state index in [9.17, 15) is 0 Å². The molecule has 1 aromatic carbocycles. The van der Waals surface area contributed by atoms with Gasteiger partial charge in [0.25, 0.3) is 0 Å². The first-order chi connectivity index (χ1) is 5.84. The Morgan fingerprint density at radius 1 is 1.50 bits per heavy atom. The fourth-order valence-electron chi connectivity index (χ4n) is 0.722. The highest BCUT2D eigenvalue weighted by molar-refractivity contribution is 9.10. The molecule has 4 heteroatoms. The molecule has 0 aromatic heterocycles. The Kier molecular flexibility index (Phi) is 3.60. The lowest BCUT2D eigenvalue weighted by molar-refractivity contribution is 0.312. The van der Waals surface area contributed by atoms with E-state index in [1.165, 1.54) is 6.21 Å². The number of para-hydroxylation sites is 1. The average molecular weight is 230 g/mol. The van der Waals surface area contributed by atoms with Gasteiger partial charge >= 0.3 is 0 Å². The molecule has 0 spiro atoms. The number of nitrogens with zero attached hydrogens (tertiary/aromatic N) is 1. The average Bonchev–Trinajstić information content (AvgIpc) is 2.09. The van der Waals surface area contributed by atoms with Crippen molar-refractivity contribution in [2.24, 2.45) is 5.16 Å². The molecule has 0 radical (unpaired) electrons. The van der Waals surface area contributed by atoms with E-state index in [4.69, 9.17) is 9.94 Å². The molecule has 0 aliphatic carbocycles. The molecule has 1 rings (SSSR count). The maximum atomic E-state index is 8.09. The first-order valence-electron chi connectivity index (χ1n) is 3.38.